The lowest BCUT2D eigenvalue weighted by molar-refractivity contribution is -0.125. The predicted molar refractivity (Wildman–Crippen MR) is 152 cm³/mol. The summed E-state index contributed by atoms with van der Waals surface area (Å²) in [5.41, 5.74) is 9.46. The van der Waals surface area contributed by atoms with E-state index in [1.165, 1.54) is 22.5 Å². The third kappa shape index (κ3) is 7.20. The van der Waals surface area contributed by atoms with Crippen molar-refractivity contribution in [2.75, 3.05) is 50.9 Å². The van der Waals surface area contributed by atoms with Crippen molar-refractivity contribution in [2.45, 2.75) is 39.8 Å². The lowest BCUT2D eigenvalue weighted by atomic mass is 10.0. The van der Waals surface area contributed by atoms with Crippen LogP contribution in [0.25, 0.3) is 10.8 Å². The molecular weight excluding hydrogens is 464 g/mol. The lowest BCUT2D eigenvalue weighted by Crippen LogP contribution is -2.33. The normalized spacial score (nSPS) is 13.4. The van der Waals surface area contributed by atoms with Crippen molar-refractivity contribution in [3.8, 4) is 6.01 Å². The van der Waals surface area contributed by atoms with E-state index >= 15 is 0 Å². The average Bonchev–Trinajstić information content (AvgIpc) is 2.88. The number of ether oxygens (including phenoxy) is 1. The van der Waals surface area contributed by atoms with Gasteiger partial charge in [0.2, 0.25) is 5.91 Å². The second-order valence-electron chi connectivity index (χ2n) is 9.39. The topological polar surface area (TPSA) is 87.8 Å². The van der Waals surface area contributed by atoms with E-state index in [4.69, 9.17) is 15.5 Å². The smallest absolute Gasteiger partial charge is 0.318 e. The molecular formula is C29H40N6O2. The first-order valence-electron chi connectivity index (χ1n) is 12.9. The molecule has 1 aromatic heterocycles. The molecule has 1 unspecified atom stereocenters. The van der Waals surface area contributed by atoms with Gasteiger partial charge in [-0.15, -0.1) is 0 Å². The number of fused-ring (bicyclic) bond motifs is 2. The molecule has 0 aliphatic carbocycles. The van der Waals surface area contributed by atoms with Gasteiger partial charge in [-0.2, -0.15) is 9.97 Å². The maximum absolute atomic E-state index is 10.8. The highest BCUT2D eigenvalue weighted by Crippen LogP contribution is 2.32. The molecule has 0 spiro atoms. The average molecular weight is 505 g/mol. The highest BCUT2D eigenvalue weighted by Gasteiger charge is 2.23. The minimum atomic E-state index is -0.00906. The molecule has 1 aliphatic rings. The Kier molecular flexibility index (Phi) is 9.85. The van der Waals surface area contributed by atoms with Gasteiger partial charge in [-0.05, 0) is 58.8 Å². The van der Waals surface area contributed by atoms with Gasteiger partial charge in [0.25, 0.3) is 0 Å². The Morgan fingerprint density at radius 1 is 1.16 bits per heavy atom. The van der Waals surface area contributed by atoms with E-state index in [2.05, 4.69) is 63.8 Å². The van der Waals surface area contributed by atoms with Crippen molar-refractivity contribution in [3.05, 3.63) is 66.4 Å². The maximum atomic E-state index is 10.8. The monoisotopic (exact) mass is 504 g/mol. The first-order valence-corrected chi connectivity index (χ1v) is 12.9. The summed E-state index contributed by atoms with van der Waals surface area (Å²) in [7, 11) is 4.04. The first-order chi connectivity index (χ1) is 17.8. The Hall–Kier alpha value is -3.65. The van der Waals surface area contributed by atoms with Gasteiger partial charge in [0.05, 0.1) is 12.2 Å². The number of anilines is 2. The minimum Gasteiger partial charge on any atom is -0.459 e. The third-order valence-electron chi connectivity index (χ3n) is 6.36. The molecule has 1 amide bonds. The molecule has 3 aromatic rings. The van der Waals surface area contributed by atoms with Crippen LogP contribution >= 0.6 is 0 Å². The standard InChI is InChI=1S/C22H27N5O.C7H13NO/c1-15(13-26(2)3)28-22-24-19-14-27(12-11-18(19)21(23)25-22)20-10-6-8-16-7-4-5-9-17(16)20;1-4-7(9)8(5-2)6-3/h4-10,15H,11-14H2,1-3H3,(H2,23,24,25);4H,1,5-6H2,2-3H3. The molecule has 0 fully saturated rings. The van der Waals surface area contributed by atoms with Crippen molar-refractivity contribution in [3.63, 3.8) is 0 Å². The van der Waals surface area contributed by atoms with Gasteiger partial charge < -0.3 is 25.2 Å². The zero-order valence-corrected chi connectivity index (χ0v) is 22.8. The van der Waals surface area contributed by atoms with E-state index in [1.807, 2.05) is 34.9 Å². The van der Waals surface area contributed by atoms with Crippen LogP contribution < -0.4 is 15.4 Å². The molecule has 198 valence electrons. The molecule has 0 saturated carbocycles. The van der Waals surface area contributed by atoms with Crippen LogP contribution in [0, 0.1) is 0 Å². The zero-order chi connectivity index (χ0) is 26.9. The zero-order valence-electron chi connectivity index (χ0n) is 22.8. The molecule has 2 heterocycles. The van der Waals surface area contributed by atoms with Gasteiger partial charge in [0.1, 0.15) is 11.9 Å². The van der Waals surface area contributed by atoms with Crippen molar-refractivity contribution < 1.29 is 9.53 Å². The number of likely N-dealkylation sites (N-methyl/N-ethyl adjacent to an activating group) is 2. The Morgan fingerprint density at radius 2 is 1.86 bits per heavy atom. The van der Waals surface area contributed by atoms with Crippen LogP contribution in [0.5, 0.6) is 6.01 Å². The maximum Gasteiger partial charge on any atom is 0.318 e. The van der Waals surface area contributed by atoms with Crippen molar-refractivity contribution >= 4 is 28.2 Å². The van der Waals surface area contributed by atoms with Crippen LogP contribution in [-0.2, 0) is 17.8 Å². The van der Waals surface area contributed by atoms with Crippen LogP contribution in [-0.4, -0.2) is 72.1 Å². The van der Waals surface area contributed by atoms with Gasteiger partial charge in [-0.3, -0.25) is 4.79 Å². The highest BCUT2D eigenvalue weighted by molar-refractivity contribution is 5.94. The SMILES string of the molecule is C=CC(=O)N(CC)CC.CC(CN(C)C)Oc1nc(N)c2c(n1)CN(c1cccc3ccccc13)CC2. The molecule has 8 nitrogen and oxygen atoms in total. The first kappa shape index (κ1) is 27.9. The summed E-state index contributed by atoms with van der Waals surface area (Å²) in [4.78, 5) is 26.0. The van der Waals surface area contributed by atoms with E-state index in [0.29, 0.717) is 18.4 Å². The van der Waals surface area contributed by atoms with Gasteiger partial charge in [-0.25, -0.2) is 0 Å². The Balaban J connectivity index is 0.000000364. The Morgan fingerprint density at radius 3 is 2.51 bits per heavy atom. The summed E-state index contributed by atoms with van der Waals surface area (Å²) in [5, 5.41) is 2.50. The highest BCUT2D eigenvalue weighted by atomic mass is 16.5. The fraction of sp³-hybridized carbons (Fsp3) is 0.414. The van der Waals surface area contributed by atoms with Crippen LogP contribution in [0.15, 0.2) is 55.1 Å². The van der Waals surface area contributed by atoms with Crippen molar-refractivity contribution in [1.82, 2.24) is 19.8 Å². The molecule has 37 heavy (non-hydrogen) atoms. The van der Waals surface area contributed by atoms with Crippen molar-refractivity contribution in [2.24, 2.45) is 0 Å². The summed E-state index contributed by atoms with van der Waals surface area (Å²) in [5.74, 6) is 0.551. The van der Waals surface area contributed by atoms with Crippen LogP contribution in [0.4, 0.5) is 11.5 Å². The molecule has 1 aliphatic heterocycles. The fourth-order valence-corrected chi connectivity index (χ4v) is 4.57. The predicted octanol–water partition coefficient (Wildman–Crippen LogP) is 4.14. The van der Waals surface area contributed by atoms with Crippen molar-refractivity contribution in [1.29, 1.82) is 0 Å². The molecule has 0 bridgehead atoms. The van der Waals surface area contributed by atoms with Gasteiger partial charge in [0.15, 0.2) is 0 Å². The number of rotatable bonds is 8. The second-order valence-corrected chi connectivity index (χ2v) is 9.39. The third-order valence-corrected chi connectivity index (χ3v) is 6.36. The number of hydrogen-bond acceptors (Lipinski definition) is 7. The number of nitrogen functional groups attached to an aromatic ring is 1. The van der Waals surface area contributed by atoms with Crippen LogP contribution in [0.3, 0.4) is 0 Å². The Bertz CT molecular complexity index is 1200. The number of aromatic nitrogens is 2. The number of nitrogens with two attached hydrogens (primary N) is 1. The lowest BCUT2D eigenvalue weighted by Gasteiger charge is -2.31. The molecule has 1 atom stereocenters. The van der Waals surface area contributed by atoms with E-state index in [-0.39, 0.29) is 12.0 Å². The van der Waals surface area contributed by atoms with Gasteiger partial charge >= 0.3 is 6.01 Å². The minimum absolute atomic E-state index is 0.00906. The molecule has 2 aromatic carbocycles. The second kappa shape index (κ2) is 13.1. The number of benzene rings is 2. The summed E-state index contributed by atoms with van der Waals surface area (Å²) in [6.07, 6.45) is 2.16. The van der Waals surface area contributed by atoms with E-state index < -0.39 is 0 Å². The summed E-state index contributed by atoms with van der Waals surface area (Å²) in [6, 6.07) is 15.3. The fourth-order valence-electron chi connectivity index (χ4n) is 4.57. The van der Waals surface area contributed by atoms with E-state index in [9.17, 15) is 4.79 Å². The molecule has 4 rings (SSSR count). The number of nitrogens with zero attached hydrogens (tertiary/aromatic N) is 5. The quantitative estimate of drug-likeness (QED) is 0.461. The largest absolute Gasteiger partial charge is 0.459 e. The number of hydrogen-bond donors (Lipinski definition) is 1. The number of amides is 1. The van der Waals surface area contributed by atoms with Gasteiger partial charge in [-0.1, -0.05) is 43.0 Å². The molecule has 0 radical (unpaired) electrons. The van der Waals surface area contributed by atoms with Crippen LogP contribution in [0.2, 0.25) is 0 Å². The summed E-state index contributed by atoms with van der Waals surface area (Å²) < 4.78 is 5.92. The van der Waals surface area contributed by atoms with E-state index in [1.54, 1.807) is 4.90 Å². The molecule has 2 N–H and O–H groups in total. The summed E-state index contributed by atoms with van der Waals surface area (Å²) in [6.45, 7) is 13.2. The van der Waals surface area contributed by atoms with Crippen LogP contribution in [0.1, 0.15) is 32.0 Å². The number of carbonyl (C=O) groups is 1. The molecule has 8 heteroatoms. The molecule has 0 saturated heterocycles. The van der Waals surface area contributed by atoms with E-state index in [0.717, 1.165) is 43.9 Å². The van der Waals surface area contributed by atoms with Gasteiger partial charge in [0, 0.05) is 42.8 Å². The Labute approximate surface area is 220 Å². The summed E-state index contributed by atoms with van der Waals surface area (Å²) >= 11 is 0. The number of carbonyl (C=O) groups excluding carboxylic acids is 1.